The number of hydrogen-bond donors (Lipinski definition) is 1. The zero-order chi connectivity index (χ0) is 23.4. The highest BCUT2D eigenvalue weighted by Crippen LogP contribution is 2.28. The number of benzene rings is 3. The number of carbonyl (C=O) groups is 2. The Labute approximate surface area is 203 Å². The summed E-state index contributed by atoms with van der Waals surface area (Å²) in [4.78, 5) is 26.8. The van der Waals surface area contributed by atoms with Gasteiger partial charge in [-0.25, -0.2) is 0 Å². The summed E-state index contributed by atoms with van der Waals surface area (Å²) >= 11 is 12.0. The standard InChI is InChI=1S/C26H24Cl2N2O3/c1-17-2-4-18(5-3-17)14-29-26(32)20-13-25(31)30(15-20)21-7-9-22(10-8-21)33-16-19-6-11-23(27)24(28)12-19/h2-12,20H,13-16H2,1H3,(H,29,32). The summed E-state index contributed by atoms with van der Waals surface area (Å²) in [6.07, 6.45) is 0.204. The van der Waals surface area contributed by atoms with E-state index in [4.69, 9.17) is 27.9 Å². The lowest BCUT2D eigenvalue weighted by Crippen LogP contribution is -2.32. The summed E-state index contributed by atoms with van der Waals surface area (Å²) in [5.41, 5.74) is 3.86. The van der Waals surface area contributed by atoms with Gasteiger partial charge in [0.25, 0.3) is 0 Å². The lowest BCUT2D eigenvalue weighted by molar-refractivity contribution is -0.126. The van der Waals surface area contributed by atoms with E-state index in [9.17, 15) is 9.59 Å². The largest absolute Gasteiger partial charge is 0.489 e. The predicted octanol–water partition coefficient (Wildman–Crippen LogP) is 5.55. The van der Waals surface area contributed by atoms with E-state index in [2.05, 4.69) is 5.32 Å². The topological polar surface area (TPSA) is 58.6 Å². The molecule has 1 aliphatic heterocycles. The molecule has 0 bridgehead atoms. The Morgan fingerprint density at radius 1 is 1.00 bits per heavy atom. The Balaban J connectivity index is 1.31. The number of nitrogens with zero attached hydrogens (tertiary/aromatic N) is 1. The molecule has 1 heterocycles. The van der Waals surface area contributed by atoms with Crippen LogP contribution in [0.1, 0.15) is 23.1 Å². The minimum atomic E-state index is -0.367. The van der Waals surface area contributed by atoms with Crippen LogP contribution in [-0.2, 0) is 22.7 Å². The Morgan fingerprint density at radius 3 is 2.39 bits per heavy atom. The second-order valence-electron chi connectivity index (χ2n) is 8.14. The SMILES string of the molecule is Cc1ccc(CNC(=O)C2CC(=O)N(c3ccc(OCc4ccc(Cl)c(Cl)c4)cc3)C2)cc1. The zero-order valence-corrected chi connectivity index (χ0v) is 19.7. The lowest BCUT2D eigenvalue weighted by atomic mass is 10.1. The molecular formula is C26H24Cl2N2O3. The first-order valence-electron chi connectivity index (χ1n) is 10.7. The van der Waals surface area contributed by atoms with Crippen molar-refractivity contribution in [1.29, 1.82) is 0 Å². The molecule has 4 rings (SSSR count). The van der Waals surface area contributed by atoms with E-state index in [1.807, 2.05) is 61.5 Å². The fourth-order valence-corrected chi connectivity index (χ4v) is 4.01. The van der Waals surface area contributed by atoms with Crippen molar-refractivity contribution in [3.63, 3.8) is 0 Å². The van der Waals surface area contributed by atoms with E-state index in [1.165, 1.54) is 5.56 Å². The maximum atomic E-state index is 12.6. The van der Waals surface area contributed by atoms with E-state index in [-0.39, 0.29) is 24.2 Å². The third kappa shape index (κ3) is 5.86. The van der Waals surface area contributed by atoms with Crippen molar-refractivity contribution in [2.75, 3.05) is 11.4 Å². The van der Waals surface area contributed by atoms with Crippen molar-refractivity contribution in [3.8, 4) is 5.75 Å². The van der Waals surface area contributed by atoms with E-state index in [1.54, 1.807) is 17.0 Å². The number of carbonyl (C=O) groups excluding carboxylic acids is 2. The van der Waals surface area contributed by atoms with Gasteiger partial charge in [-0.2, -0.15) is 0 Å². The highest BCUT2D eigenvalue weighted by atomic mass is 35.5. The maximum absolute atomic E-state index is 12.6. The molecule has 7 heteroatoms. The molecule has 1 unspecified atom stereocenters. The lowest BCUT2D eigenvalue weighted by Gasteiger charge is -2.17. The molecule has 5 nitrogen and oxygen atoms in total. The van der Waals surface area contributed by atoms with Crippen molar-refractivity contribution in [2.45, 2.75) is 26.5 Å². The van der Waals surface area contributed by atoms with Gasteiger partial charge in [0.1, 0.15) is 12.4 Å². The van der Waals surface area contributed by atoms with Crippen LogP contribution in [0.2, 0.25) is 10.0 Å². The first kappa shape index (κ1) is 23.1. The van der Waals surface area contributed by atoms with Gasteiger partial charge in [0, 0.05) is 25.2 Å². The van der Waals surface area contributed by atoms with E-state index < -0.39 is 0 Å². The number of hydrogen-bond acceptors (Lipinski definition) is 3. The minimum Gasteiger partial charge on any atom is -0.489 e. The minimum absolute atomic E-state index is 0.0602. The van der Waals surface area contributed by atoms with Crippen molar-refractivity contribution in [2.24, 2.45) is 5.92 Å². The van der Waals surface area contributed by atoms with Gasteiger partial charge in [-0.15, -0.1) is 0 Å². The molecule has 1 aliphatic rings. The van der Waals surface area contributed by atoms with Crippen LogP contribution in [0, 0.1) is 12.8 Å². The van der Waals surface area contributed by atoms with Crippen LogP contribution in [0.5, 0.6) is 5.75 Å². The number of aryl methyl sites for hydroxylation is 1. The summed E-state index contributed by atoms with van der Waals surface area (Å²) in [5, 5.41) is 3.93. The van der Waals surface area contributed by atoms with Crippen LogP contribution >= 0.6 is 23.2 Å². The summed E-state index contributed by atoms with van der Waals surface area (Å²) in [5.74, 6) is 0.139. The third-order valence-corrected chi connectivity index (χ3v) is 6.36. The monoisotopic (exact) mass is 482 g/mol. The molecule has 0 saturated carbocycles. The average molecular weight is 483 g/mol. The van der Waals surface area contributed by atoms with Crippen molar-refractivity contribution in [3.05, 3.63) is 93.5 Å². The number of amides is 2. The van der Waals surface area contributed by atoms with Gasteiger partial charge >= 0.3 is 0 Å². The zero-order valence-electron chi connectivity index (χ0n) is 18.2. The quantitative estimate of drug-likeness (QED) is 0.480. The fraction of sp³-hybridized carbons (Fsp3) is 0.231. The average Bonchev–Trinajstić information content (AvgIpc) is 3.21. The number of rotatable bonds is 7. The van der Waals surface area contributed by atoms with E-state index in [0.717, 1.165) is 16.8 Å². The van der Waals surface area contributed by atoms with Gasteiger partial charge in [0.15, 0.2) is 0 Å². The molecule has 170 valence electrons. The summed E-state index contributed by atoms with van der Waals surface area (Å²) in [6.45, 7) is 3.19. The van der Waals surface area contributed by atoms with Crippen molar-refractivity contribution < 1.29 is 14.3 Å². The maximum Gasteiger partial charge on any atom is 0.227 e. The van der Waals surface area contributed by atoms with Crippen LogP contribution in [0.4, 0.5) is 5.69 Å². The van der Waals surface area contributed by atoms with Gasteiger partial charge in [-0.05, 0) is 54.4 Å². The molecule has 1 fully saturated rings. The predicted molar refractivity (Wildman–Crippen MR) is 131 cm³/mol. The molecule has 1 saturated heterocycles. The Bertz CT molecular complexity index is 1150. The van der Waals surface area contributed by atoms with Gasteiger partial charge in [-0.3, -0.25) is 9.59 Å². The Hall–Kier alpha value is -3.02. The van der Waals surface area contributed by atoms with E-state index in [0.29, 0.717) is 35.5 Å². The molecule has 0 radical (unpaired) electrons. The molecular weight excluding hydrogens is 459 g/mol. The number of anilines is 1. The molecule has 3 aromatic carbocycles. The second kappa shape index (κ2) is 10.3. The second-order valence-corrected chi connectivity index (χ2v) is 8.95. The highest BCUT2D eigenvalue weighted by Gasteiger charge is 2.35. The van der Waals surface area contributed by atoms with Gasteiger partial charge in [0.05, 0.1) is 16.0 Å². The van der Waals surface area contributed by atoms with Crippen LogP contribution in [0.15, 0.2) is 66.7 Å². The van der Waals surface area contributed by atoms with Crippen LogP contribution in [-0.4, -0.2) is 18.4 Å². The smallest absolute Gasteiger partial charge is 0.227 e. The first-order valence-corrected chi connectivity index (χ1v) is 11.4. The molecule has 0 spiro atoms. The first-order chi connectivity index (χ1) is 15.9. The number of halogens is 2. The van der Waals surface area contributed by atoms with Crippen molar-refractivity contribution >= 4 is 40.7 Å². The summed E-state index contributed by atoms with van der Waals surface area (Å²) in [6, 6.07) is 20.7. The van der Waals surface area contributed by atoms with Crippen LogP contribution in [0.25, 0.3) is 0 Å². The summed E-state index contributed by atoms with van der Waals surface area (Å²) in [7, 11) is 0. The normalized spacial score (nSPS) is 15.5. The van der Waals surface area contributed by atoms with Gasteiger partial charge in [0.2, 0.25) is 11.8 Å². The Kier molecular flexibility index (Phi) is 7.21. The molecule has 0 aromatic heterocycles. The number of ether oxygens (including phenoxy) is 1. The molecule has 33 heavy (non-hydrogen) atoms. The van der Waals surface area contributed by atoms with Crippen LogP contribution < -0.4 is 15.0 Å². The number of nitrogens with one attached hydrogen (secondary N) is 1. The summed E-state index contributed by atoms with van der Waals surface area (Å²) < 4.78 is 5.80. The molecule has 1 N–H and O–H groups in total. The fourth-order valence-electron chi connectivity index (χ4n) is 3.69. The van der Waals surface area contributed by atoms with Crippen molar-refractivity contribution in [1.82, 2.24) is 5.32 Å². The molecule has 2 amide bonds. The molecule has 1 atom stereocenters. The van der Waals surface area contributed by atoms with Gasteiger partial charge < -0.3 is 15.0 Å². The van der Waals surface area contributed by atoms with E-state index >= 15 is 0 Å². The van der Waals surface area contributed by atoms with Gasteiger partial charge in [-0.1, -0.05) is 59.1 Å². The highest BCUT2D eigenvalue weighted by molar-refractivity contribution is 6.42. The third-order valence-electron chi connectivity index (χ3n) is 5.62. The Morgan fingerprint density at radius 2 is 1.70 bits per heavy atom. The molecule has 3 aromatic rings. The van der Waals surface area contributed by atoms with Crippen LogP contribution in [0.3, 0.4) is 0 Å². The molecule has 0 aliphatic carbocycles.